The van der Waals surface area contributed by atoms with Crippen LogP contribution in [0.5, 0.6) is 0 Å². The standard InChI is InChI=1S/C18H23N3O3.C12H25N.C8H10.C2H5NO/c1-13(22)6-7-17(23)20-10-8-15(9-11-20)21-12-14-4-2-3-5-16(14)19-18(21)24;1-3-8-12(9-4-2)13-10-6-5-7-11-13;1-7-5-3-4-6-8(7)2;1-2(3)4/h2-5,15H,6-12H2,1H3,(H,19,24);12H,3-11H2,1-2H3;3-6H,1-2H3;1H3,(H2,3,4). The first kappa shape index (κ1) is 41.5. The van der Waals surface area contributed by atoms with E-state index < -0.39 is 0 Å². The number of hydrogen-bond donors (Lipinski definition) is 2. The van der Waals surface area contributed by atoms with Gasteiger partial charge in [-0.05, 0) is 95.1 Å². The first-order valence-corrected chi connectivity index (χ1v) is 18.4. The Morgan fingerprint density at radius 2 is 1.35 bits per heavy atom. The van der Waals surface area contributed by atoms with E-state index in [0.29, 0.717) is 26.1 Å². The van der Waals surface area contributed by atoms with E-state index in [1.165, 1.54) is 83.0 Å². The SMILES string of the molecule is CC(=O)CCC(=O)N1CCC(N2Cc3ccccc3NC2=O)CC1.CC(N)=O.CCCC(CCC)N1CCCCC1.Cc1ccccc1C. The molecule has 0 aliphatic carbocycles. The van der Waals surface area contributed by atoms with Gasteiger partial charge in [-0.3, -0.25) is 9.59 Å². The minimum atomic E-state index is -0.333. The Hall–Kier alpha value is -3.72. The number of amides is 4. The number of rotatable bonds is 9. The van der Waals surface area contributed by atoms with Crippen molar-refractivity contribution in [3.05, 3.63) is 65.2 Å². The number of anilines is 1. The summed E-state index contributed by atoms with van der Waals surface area (Å²) in [4.78, 5) is 51.1. The highest BCUT2D eigenvalue weighted by Gasteiger charge is 2.32. The Kier molecular flexibility index (Phi) is 19.3. The van der Waals surface area contributed by atoms with Crippen LogP contribution in [0.3, 0.4) is 0 Å². The van der Waals surface area contributed by atoms with Crippen molar-refractivity contribution in [3.8, 4) is 0 Å². The number of likely N-dealkylation sites (tertiary alicyclic amines) is 2. The molecule has 0 unspecified atom stereocenters. The molecule has 0 bridgehead atoms. The summed E-state index contributed by atoms with van der Waals surface area (Å²) < 4.78 is 0. The molecule has 2 fully saturated rings. The Morgan fingerprint density at radius 3 is 1.86 bits per heavy atom. The summed E-state index contributed by atoms with van der Waals surface area (Å²) >= 11 is 0. The maximum atomic E-state index is 12.3. The number of fused-ring (bicyclic) bond motifs is 1. The van der Waals surface area contributed by atoms with Crippen molar-refractivity contribution in [3.63, 3.8) is 0 Å². The van der Waals surface area contributed by atoms with Gasteiger partial charge in [0.05, 0.1) is 0 Å². The Morgan fingerprint density at radius 1 is 0.816 bits per heavy atom. The maximum Gasteiger partial charge on any atom is 0.322 e. The third-order valence-corrected chi connectivity index (χ3v) is 9.39. The van der Waals surface area contributed by atoms with Crippen molar-refractivity contribution in [1.29, 1.82) is 0 Å². The number of para-hydroxylation sites is 1. The van der Waals surface area contributed by atoms with Gasteiger partial charge < -0.3 is 30.5 Å². The number of hydrogen-bond acceptors (Lipinski definition) is 5. The van der Waals surface area contributed by atoms with Gasteiger partial charge in [-0.2, -0.15) is 0 Å². The maximum absolute atomic E-state index is 12.3. The molecular formula is C40H63N5O4. The van der Waals surface area contributed by atoms with Crippen LogP contribution < -0.4 is 11.1 Å². The Bertz CT molecular complexity index is 1270. The second-order valence-corrected chi connectivity index (χ2v) is 13.6. The fraction of sp³-hybridized carbons (Fsp3) is 0.600. The lowest BCUT2D eigenvalue weighted by Crippen LogP contribution is -2.51. The molecule has 0 saturated carbocycles. The third-order valence-electron chi connectivity index (χ3n) is 9.39. The number of Topliss-reactive ketones (excluding diaryl/α,β-unsaturated/α-hetero) is 1. The molecule has 9 heteroatoms. The molecule has 3 aliphatic heterocycles. The second kappa shape index (κ2) is 22.8. The average molecular weight is 678 g/mol. The van der Waals surface area contributed by atoms with Gasteiger partial charge in [0.15, 0.2) is 0 Å². The monoisotopic (exact) mass is 677 g/mol. The van der Waals surface area contributed by atoms with Gasteiger partial charge in [-0.25, -0.2) is 4.79 Å². The minimum absolute atomic E-state index is 0.0390. The number of primary amides is 1. The average Bonchev–Trinajstić information content (AvgIpc) is 3.09. The largest absolute Gasteiger partial charge is 0.370 e. The topological polar surface area (TPSA) is 116 Å². The summed E-state index contributed by atoms with van der Waals surface area (Å²) in [6.45, 7) is 16.3. The number of carbonyl (C=O) groups is 4. The predicted molar refractivity (Wildman–Crippen MR) is 200 cm³/mol. The zero-order valence-corrected chi connectivity index (χ0v) is 31.1. The van der Waals surface area contributed by atoms with Crippen LogP contribution in [-0.4, -0.2) is 76.6 Å². The second-order valence-electron chi connectivity index (χ2n) is 13.6. The van der Waals surface area contributed by atoms with E-state index in [-0.39, 0.29) is 36.1 Å². The predicted octanol–water partition coefficient (Wildman–Crippen LogP) is 7.63. The van der Waals surface area contributed by atoms with E-state index in [1.807, 2.05) is 34.1 Å². The number of benzene rings is 2. The molecule has 4 amide bonds. The van der Waals surface area contributed by atoms with Crippen LogP contribution in [0.25, 0.3) is 0 Å². The molecule has 2 aromatic rings. The van der Waals surface area contributed by atoms with Crippen LogP contribution in [0.1, 0.15) is 115 Å². The van der Waals surface area contributed by atoms with Gasteiger partial charge in [-0.1, -0.05) is 75.6 Å². The number of urea groups is 1. The quantitative estimate of drug-likeness (QED) is 0.283. The van der Waals surface area contributed by atoms with Gasteiger partial charge in [0.1, 0.15) is 5.78 Å². The van der Waals surface area contributed by atoms with Crippen LogP contribution in [0.2, 0.25) is 0 Å². The van der Waals surface area contributed by atoms with Gasteiger partial charge in [0.2, 0.25) is 11.8 Å². The first-order chi connectivity index (χ1) is 23.5. The van der Waals surface area contributed by atoms with E-state index in [0.717, 1.165) is 30.1 Å². The van der Waals surface area contributed by atoms with Crippen molar-refractivity contribution >= 4 is 29.3 Å². The Labute approximate surface area is 296 Å². The number of nitrogens with two attached hydrogens (primary N) is 1. The number of aryl methyl sites for hydroxylation is 2. The smallest absolute Gasteiger partial charge is 0.322 e. The van der Waals surface area contributed by atoms with Gasteiger partial charge in [0.25, 0.3) is 0 Å². The van der Waals surface area contributed by atoms with Gasteiger partial charge in [0, 0.05) is 57.2 Å². The van der Waals surface area contributed by atoms with Crippen LogP contribution >= 0.6 is 0 Å². The number of carbonyl (C=O) groups excluding carboxylic acids is 4. The summed E-state index contributed by atoms with van der Waals surface area (Å²) in [5, 5.41) is 2.94. The highest BCUT2D eigenvalue weighted by molar-refractivity contribution is 5.92. The zero-order valence-electron chi connectivity index (χ0n) is 31.1. The van der Waals surface area contributed by atoms with Crippen LogP contribution in [0.4, 0.5) is 10.5 Å². The molecule has 3 aliphatic rings. The van der Waals surface area contributed by atoms with E-state index in [9.17, 15) is 19.2 Å². The molecule has 49 heavy (non-hydrogen) atoms. The summed E-state index contributed by atoms with van der Waals surface area (Å²) in [7, 11) is 0. The lowest BCUT2D eigenvalue weighted by molar-refractivity contribution is -0.134. The highest BCUT2D eigenvalue weighted by Crippen LogP contribution is 2.27. The van der Waals surface area contributed by atoms with Gasteiger partial charge in [-0.15, -0.1) is 0 Å². The number of ketones is 1. The fourth-order valence-corrected chi connectivity index (χ4v) is 6.51. The van der Waals surface area contributed by atoms with Gasteiger partial charge >= 0.3 is 6.03 Å². The Balaban J connectivity index is 0.000000277. The number of nitrogens with zero attached hydrogens (tertiary/aromatic N) is 3. The molecule has 3 heterocycles. The summed E-state index contributed by atoms with van der Waals surface area (Å²) in [6.07, 6.45) is 12.0. The normalized spacial score (nSPS) is 16.1. The zero-order chi connectivity index (χ0) is 36.2. The van der Waals surface area contributed by atoms with E-state index in [4.69, 9.17) is 0 Å². The van der Waals surface area contributed by atoms with Crippen LogP contribution in [0.15, 0.2) is 48.5 Å². The molecule has 5 rings (SSSR count). The van der Waals surface area contributed by atoms with Crippen molar-refractivity contribution < 1.29 is 19.2 Å². The molecule has 0 spiro atoms. The number of nitrogens with one attached hydrogen (secondary N) is 1. The van der Waals surface area contributed by atoms with E-state index in [1.54, 1.807) is 0 Å². The summed E-state index contributed by atoms with van der Waals surface area (Å²) in [6, 6.07) is 17.2. The molecule has 0 aromatic heterocycles. The molecule has 0 atom stereocenters. The number of piperidine rings is 2. The van der Waals surface area contributed by atoms with Crippen LogP contribution in [-0.2, 0) is 20.9 Å². The van der Waals surface area contributed by atoms with E-state index in [2.05, 4.69) is 67.9 Å². The van der Waals surface area contributed by atoms with Crippen molar-refractivity contribution in [2.75, 3.05) is 31.5 Å². The minimum Gasteiger partial charge on any atom is -0.370 e. The fourth-order valence-electron chi connectivity index (χ4n) is 6.51. The summed E-state index contributed by atoms with van der Waals surface area (Å²) in [5.74, 6) is -0.251. The van der Waals surface area contributed by atoms with Crippen LogP contribution in [0, 0.1) is 13.8 Å². The summed E-state index contributed by atoms with van der Waals surface area (Å²) in [5.41, 5.74) is 9.22. The lowest BCUT2D eigenvalue weighted by Gasteiger charge is -2.40. The first-order valence-electron chi connectivity index (χ1n) is 18.4. The van der Waals surface area contributed by atoms with Crippen molar-refractivity contribution in [2.45, 2.75) is 131 Å². The van der Waals surface area contributed by atoms with Crippen molar-refractivity contribution in [1.82, 2.24) is 14.7 Å². The third kappa shape index (κ3) is 15.6. The molecule has 9 nitrogen and oxygen atoms in total. The highest BCUT2D eigenvalue weighted by atomic mass is 16.2. The lowest BCUT2D eigenvalue weighted by atomic mass is 10.0. The van der Waals surface area contributed by atoms with E-state index >= 15 is 0 Å². The molecule has 0 radical (unpaired) electrons. The molecule has 2 aromatic carbocycles. The molecule has 3 N–H and O–H groups in total. The van der Waals surface area contributed by atoms with Crippen molar-refractivity contribution in [2.24, 2.45) is 5.73 Å². The molecule has 272 valence electrons. The molecular weight excluding hydrogens is 614 g/mol. The molecule has 2 saturated heterocycles.